The summed E-state index contributed by atoms with van der Waals surface area (Å²) in [7, 11) is 0. The van der Waals surface area contributed by atoms with Gasteiger partial charge in [0.1, 0.15) is 6.10 Å². The molecule has 33 heavy (non-hydrogen) atoms. The number of aromatic hydroxyl groups is 2. The molecule has 0 heterocycles. The second-order valence-corrected chi connectivity index (χ2v) is 10.4. The average Bonchev–Trinajstić information content (AvgIpc) is 2.70. The number of aliphatic hydroxyl groups is 1. The van der Waals surface area contributed by atoms with Crippen LogP contribution < -0.4 is 0 Å². The van der Waals surface area contributed by atoms with Crippen LogP contribution in [0.15, 0.2) is 64.5 Å². The summed E-state index contributed by atoms with van der Waals surface area (Å²) in [6.45, 7) is 9.98. The zero-order valence-electron chi connectivity index (χ0n) is 19.6. The molecule has 1 saturated carbocycles. The number of Topliss-reactive ketones (excluding diaryl/α,β-unsaturated/α-hetero) is 1. The Morgan fingerprint density at radius 1 is 1.06 bits per heavy atom. The monoisotopic (exact) mass is 450 g/mol. The van der Waals surface area contributed by atoms with Crippen LogP contribution in [0.5, 0.6) is 11.5 Å². The molecule has 0 amide bonds. The highest BCUT2D eigenvalue weighted by Gasteiger charge is 2.52. The van der Waals surface area contributed by atoms with Crippen LogP contribution in [-0.4, -0.2) is 33.2 Å². The molecule has 3 aliphatic rings. The summed E-state index contributed by atoms with van der Waals surface area (Å²) in [6.07, 6.45) is 6.41. The number of fused-ring (bicyclic) bond motifs is 3. The number of ketones is 1. The molecule has 0 aromatic heterocycles. The summed E-state index contributed by atoms with van der Waals surface area (Å²) in [5.41, 5.74) is 2.16. The van der Waals surface area contributed by atoms with Crippen molar-refractivity contribution in [2.45, 2.75) is 53.6 Å². The average molecular weight is 451 g/mol. The van der Waals surface area contributed by atoms with Gasteiger partial charge in [-0.15, -0.1) is 0 Å². The van der Waals surface area contributed by atoms with E-state index < -0.39 is 23.2 Å². The quantitative estimate of drug-likeness (QED) is 0.427. The van der Waals surface area contributed by atoms with Gasteiger partial charge in [-0.3, -0.25) is 4.79 Å². The van der Waals surface area contributed by atoms with Crippen LogP contribution in [0, 0.1) is 16.7 Å². The molecule has 1 aromatic rings. The van der Waals surface area contributed by atoms with Crippen molar-refractivity contribution < 1.29 is 29.6 Å². The van der Waals surface area contributed by atoms with E-state index in [1.54, 1.807) is 0 Å². The number of allylic oxidation sites excluding steroid dienone is 7. The van der Waals surface area contributed by atoms with Crippen LogP contribution in [0.2, 0.25) is 0 Å². The largest absolute Gasteiger partial charge is 0.504 e. The number of rotatable bonds is 3. The van der Waals surface area contributed by atoms with Gasteiger partial charge in [-0.05, 0) is 54.0 Å². The molecule has 174 valence electrons. The second-order valence-electron chi connectivity index (χ2n) is 10.4. The fourth-order valence-electron chi connectivity index (χ4n) is 5.67. The number of carbonyl (C=O) groups excluding carboxylic acids is 2. The minimum atomic E-state index is -0.688. The van der Waals surface area contributed by atoms with E-state index in [0.29, 0.717) is 24.0 Å². The zero-order valence-corrected chi connectivity index (χ0v) is 19.6. The molecular formula is C27H30O6. The van der Waals surface area contributed by atoms with E-state index in [1.807, 2.05) is 32.9 Å². The molecule has 0 radical (unpaired) electrons. The third kappa shape index (κ3) is 3.67. The smallest absolute Gasteiger partial charge is 0.338 e. The van der Waals surface area contributed by atoms with Crippen LogP contribution in [0.4, 0.5) is 0 Å². The van der Waals surface area contributed by atoms with E-state index in [-0.39, 0.29) is 34.2 Å². The number of hydrogen-bond donors (Lipinski definition) is 3. The van der Waals surface area contributed by atoms with E-state index in [1.165, 1.54) is 18.2 Å². The minimum absolute atomic E-state index is 0.0153. The van der Waals surface area contributed by atoms with Crippen LogP contribution in [-0.2, 0) is 9.53 Å². The van der Waals surface area contributed by atoms with E-state index in [2.05, 4.69) is 19.9 Å². The predicted molar refractivity (Wildman–Crippen MR) is 124 cm³/mol. The molecule has 4 rings (SSSR count). The topological polar surface area (TPSA) is 104 Å². The van der Waals surface area contributed by atoms with Crippen molar-refractivity contribution in [3.05, 3.63) is 70.0 Å². The second kappa shape index (κ2) is 7.65. The number of esters is 1. The van der Waals surface area contributed by atoms with Crippen LogP contribution >= 0.6 is 0 Å². The van der Waals surface area contributed by atoms with Gasteiger partial charge in [-0.2, -0.15) is 0 Å². The van der Waals surface area contributed by atoms with Crippen LogP contribution in [0.3, 0.4) is 0 Å². The molecule has 6 nitrogen and oxygen atoms in total. The maximum atomic E-state index is 13.0. The SMILES string of the molecule is CC(C)C1=CC2=CC=C3C(C)(C)C[C@@H](OC(=O)c4ccc(O)c(O)c4)C[C@]3(C)C2=C(O)C1=O. The Kier molecular flexibility index (Phi) is 5.31. The van der Waals surface area contributed by atoms with Gasteiger partial charge in [0, 0.05) is 16.6 Å². The van der Waals surface area contributed by atoms with E-state index in [4.69, 9.17) is 4.74 Å². The highest BCUT2D eigenvalue weighted by atomic mass is 16.5. The minimum Gasteiger partial charge on any atom is -0.504 e. The van der Waals surface area contributed by atoms with Gasteiger partial charge in [-0.25, -0.2) is 4.79 Å². The first-order valence-corrected chi connectivity index (χ1v) is 11.2. The van der Waals surface area contributed by atoms with Gasteiger partial charge in [-0.1, -0.05) is 52.3 Å². The Morgan fingerprint density at radius 3 is 2.39 bits per heavy atom. The molecule has 0 spiro atoms. The van der Waals surface area contributed by atoms with Crippen molar-refractivity contribution in [3.63, 3.8) is 0 Å². The molecule has 1 fully saturated rings. The Labute approximate surface area is 193 Å². The summed E-state index contributed by atoms with van der Waals surface area (Å²) in [6, 6.07) is 3.81. The normalized spacial score (nSPS) is 26.2. The number of aliphatic hydroxyl groups excluding tert-OH is 1. The first-order valence-electron chi connectivity index (χ1n) is 11.2. The Balaban J connectivity index is 1.71. The number of ether oxygens (including phenoxy) is 1. The molecule has 0 unspecified atom stereocenters. The van der Waals surface area contributed by atoms with E-state index in [9.17, 15) is 24.9 Å². The first kappa shape index (κ1) is 22.9. The molecule has 6 heteroatoms. The van der Waals surface area contributed by atoms with Crippen molar-refractivity contribution in [1.29, 1.82) is 0 Å². The highest BCUT2D eigenvalue weighted by Crippen LogP contribution is 2.59. The molecular weight excluding hydrogens is 420 g/mol. The third-order valence-corrected chi connectivity index (χ3v) is 7.10. The lowest BCUT2D eigenvalue weighted by molar-refractivity contribution is -0.115. The van der Waals surface area contributed by atoms with Crippen molar-refractivity contribution in [2.75, 3.05) is 0 Å². The van der Waals surface area contributed by atoms with E-state index >= 15 is 0 Å². The number of hydrogen-bond acceptors (Lipinski definition) is 6. The summed E-state index contributed by atoms with van der Waals surface area (Å²) >= 11 is 0. The van der Waals surface area contributed by atoms with Crippen LogP contribution in [0.1, 0.15) is 57.8 Å². The van der Waals surface area contributed by atoms with Crippen LogP contribution in [0.25, 0.3) is 0 Å². The first-order chi connectivity index (χ1) is 15.3. The van der Waals surface area contributed by atoms with Gasteiger partial charge in [0.15, 0.2) is 17.3 Å². The number of phenolic OH excluding ortho intramolecular Hbond substituents is 2. The lowest BCUT2D eigenvalue weighted by Crippen LogP contribution is -2.46. The van der Waals surface area contributed by atoms with Crippen molar-refractivity contribution in [2.24, 2.45) is 16.7 Å². The van der Waals surface area contributed by atoms with Crippen molar-refractivity contribution in [3.8, 4) is 11.5 Å². The van der Waals surface area contributed by atoms with Gasteiger partial charge in [0.2, 0.25) is 5.78 Å². The van der Waals surface area contributed by atoms with Gasteiger partial charge in [0.05, 0.1) is 5.56 Å². The molecule has 0 aliphatic heterocycles. The van der Waals surface area contributed by atoms with Gasteiger partial charge < -0.3 is 20.1 Å². The molecule has 3 aliphatic carbocycles. The number of carbonyl (C=O) groups is 2. The van der Waals surface area contributed by atoms with Crippen molar-refractivity contribution >= 4 is 11.8 Å². The summed E-state index contributed by atoms with van der Waals surface area (Å²) < 4.78 is 5.84. The van der Waals surface area contributed by atoms with E-state index in [0.717, 1.165) is 11.1 Å². The maximum absolute atomic E-state index is 13.0. The molecule has 1 aromatic carbocycles. The van der Waals surface area contributed by atoms with Crippen molar-refractivity contribution in [1.82, 2.24) is 0 Å². The molecule has 0 bridgehead atoms. The zero-order chi connectivity index (χ0) is 24.3. The molecule has 3 N–H and O–H groups in total. The van der Waals surface area contributed by atoms with Gasteiger partial charge in [0.25, 0.3) is 0 Å². The fourth-order valence-corrected chi connectivity index (χ4v) is 5.67. The molecule has 0 saturated heterocycles. The maximum Gasteiger partial charge on any atom is 0.338 e. The lowest BCUT2D eigenvalue weighted by atomic mass is 9.53. The Hall–Kier alpha value is -3.28. The Morgan fingerprint density at radius 2 is 1.76 bits per heavy atom. The summed E-state index contributed by atoms with van der Waals surface area (Å²) in [5, 5.41) is 30.3. The number of phenols is 2. The Bertz CT molecular complexity index is 1180. The predicted octanol–water partition coefficient (Wildman–Crippen LogP) is 5.29. The highest BCUT2D eigenvalue weighted by molar-refractivity contribution is 6.10. The fraction of sp³-hybridized carbons (Fsp3) is 0.407. The summed E-state index contributed by atoms with van der Waals surface area (Å²) in [5.74, 6) is -1.90. The summed E-state index contributed by atoms with van der Waals surface area (Å²) in [4.78, 5) is 25.8. The number of benzene rings is 1. The molecule has 2 atom stereocenters. The third-order valence-electron chi connectivity index (χ3n) is 7.10. The van der Waals surface area contributed by atoms with Gasteiger partial charge >= 0.3 is 5.97 Å². The lowest BCUT2D eigenvalue weighted by Gasteiger charge is -2.52. The standard InChI is InChI=1S/C27H30O6/c1-14(2)18-10-15-7-9-21-26(3,4)12-17(13-27(21,5)22(15)24(31)23(18)30)33-25(32)16-6-8-19(28)20(29)11-16/h6-11,14,17,28-29,31H,12-13H2,1-5H3/t17-,27+/m1/s1.